The molecule has 0 saturated heterocycles. The first-order valence-electron chi connectivity index (χ1n) is 5.14. The van der Waals surface area contributed by atoms with Gasteiger partial charge in [0.15, 0.2) is 0 Å². The van der Waals surface area contributed by atoms with Gasteiger partial charge in [0.1, 0.15) is 0 Å². The second-order valence-electron chi connectivity index (χ2n) is 4.40. The van der Waals surface area contributed by atoms with E-state index >= 15 is 0 Å². The van der Waals surface area contributed by atoms with Gasteiger partial charge >= 0.3 is 0 Å². The molecule has 0 amide bonds. The number of rotatable bonds is 7. The predicted octanol–water partition coefficient (Wildman–Crippen LogP) is 3.06. The molecular formula is C10H22N2O. The third kappa shape index (κ3) is 7.75. The van der Waals surface area contributed by atoms with E-state index in [1.807, 2.05) is 0 Å². The highest BCUT2D eigenvalue weighted by Crippen LogP contribution is 2.06. The van der Waals surface area contributed by atoms with Crippen molar-refractivity contribution < 1.29 is 0 Å². The fourth-order valence-electron chi connectivity index (χ4n) is 1.01. The second-order valence-corrected chi connectivity index (χ2v) is 4.40. The highest BCUT2D eigenvalue weighted by Gasteiger charge is 2.05. The van der Waals surface area contributed by atoms with Gasteiger partial charge in [-0.2, -0.15) is 0 Å². The summed E-state index contributed by atoms with van der Waals surface area (Å²) in [6, 6.07) is 0. The maximum Gasteiger partial charge on any atom is 0.0523 e. The molecule has 0 aliphatic rings. The third-order valence-electron chi connectivity index (χ3n) is 2.04. The lowest BCUT2D eigenvalue weighted by atomic mass is 10.1. The molecule has 0 spiro atoms. The summed E-state index contributed by atoms with van der Waals surface area (Å²) < 4.78 is 0. The van der Waals surface area contributed by atoms with E-state index in [9.17, 15) is 4.91 Å². The normalized spacial score (nSPS) is 10.9. The Labute approximate surface area is 81.4 Å². The molecule has 0 radical (unpaired) electrons. The number of hydrogen-bond donors (Lipinski definition) is 0. The SMILES string of the molecule is CC(C)CCN(CCC(C)C)N=O. The van der Waals surface area contributed by atoms with Gasteiger partial charge < -0.3 is 0 Å². The molecule has 0 aromatic carbocycles. The Morgan fingerprint density at radius 2 is 1.38 bits per heavy atom. The molecule has 0 aliphatic heterocycles. The minimum Gasteiger partial charge on any atom is -0.261 e. The largest absolute Gasteiger partial charge is 0.261 e. The maximum absolute atomic E-state index is 10.4. The van der Waals surface area contributed by atoms with Crippen molar-refractivity contribution in [2.24, 2.45) is 17.1 Å². The van der Waals surface area contributed by atoms with E-state index in [0.29, 0.717) is 11.8 Å². The van der Waals surface area contributed by atoms with Crippen LogP contribution in [0.1, 0.15) is 40.5 Å². The molecule has 0 saturated carbocycles. The average molecular weight is 186 g/mol. The Hall–Kier alpha value is -0.600. The monoisotopic (exact) mass is 186 g/mol. The average Bonchev–Trinajstić information content (AvgIpc) is 2.04. The second kappa shape index (κ2) is 6.87. The van der Waals surface area contributed by atoms with Crippen molar-refractivity contribution in [3.8, 4) is 0 Å². The van der Waals surface area contributed by atoms with Crippen LogP contribution < -0.4 is 0 Å². The molecule has 0 fully saturated rings. The van der Waals surface area contributed by atoms with Crippen LogP contribution in [0.5, 0.6) is 0 Å². The summed E-state index contributed by atoms with van der Waals surface area (Å²) in [6.07, 6.45) is 2.09. The number of nitroso groups, excluding NO2 is 1. The molecule has 0 heterocycles. The van der Waals surface area contributed by atoms with Gasteiger partial charge in [-0.05, 0) is 24.7 Å². The van der Waals surface area contributed by atoms with Crippen molar-refractivity contribution in [3.63, 3.8) is 0 Å². The molecule has 3 heteroatoms. The van der Waals surface area contributed by atoms with E-state index in [0.717, 1.165) is 25.9 Å². The molecule has 0 unspecified atom stereocenters. The van der Waals surface area contributed by atoms with Crippen LogP contribution in [0.25, 0.3) is 0 Å². The molecule has 0 aromatic heterocycles. The first-order valence-corrected chi connectivity index (χ1v) is 5.14. The van der Waals surface area contributed by atoms with E-state index in [4.69, 9.17) is 0 Å². The maximum atomic E-state index is 10.4. The summed E-state index contributed by atoms with van der Waals surface area (Å²) in [7, 11) is 0. The van der Waals surface area contributed by atoms with E-state index in [2.05, 4.69) is 33.0 Å². The van der Waals surface area contributed by atoms with Gasteiger partial charge in [-0.25, -0.2) is 0 Å². The lowest BCUT2D eigenvalue weighted by Gasteiger charge is -2.17. The molecule has 0 atom stereocenters. The van der Waals surface area contributed by atoms with Crippen molar-refractivity contribution in [1.82, 2.24) is 5.01 Å². The lowest BCUT2D eigenvalue weighted by molar-refractivity contribution is 0.251. The smallest absolute Gasteiger partial charge is 0.0523 e. The zero-order valence-corrected chi connectivity index (χ0v) is 9.29. The standard InChI is InChI=1S/C10H22N2O/c1-9(2)5-7-12(11-13)8-6-10(3)4/h9-10H,5-8H2,1-4H3. The van der Waals surface area contributed by atoms with E-state index in [1.165, 1.54) is 0 Å². The van der Waals surface area contributed by atoms with Crippen LogP contribution in [-0.4, -0.2) is 18.1 Å². The summed E-state index contributed by atoms with van der Waals surface area (Å²) in [6.45, 7) is 10.2. The topological polar surface area (TPSA) is 32.7 Å². The van der Waals surface area contributed by atoms with Crippen LogP contribution in [0.4, 0.5) is 0 Å². The van der Waals surface area contributed by atoms with Gasteiger partial charge in [0, 0.05) is 13.1 Å². The number of nitrogens with zero attached hydrogens (tertiary/aromatic N) is 2. The summed E-state index contributed by atoms with van der Waals surface area (Å²) in [5, 5.41) is 4.65. The van der Waals surface area contributed by atoms with E-state index in [-0.39, 0.29) is 0 Å². The fourth-order valence-corrected chi connectivity index (χ4v) is 1.01. The molecular weight excluding hydrogens is 164 g/mol. The Kier molecular flexibility index (Phi) is 6.55. The highest BCUT2D eigenvalue weighted by atomic mass is 16.3. The zero-order valence-electron chi connectivity index (χ0n) is 9.29. The molecule has 0 aliphatic carbocycles. The van der Waals surface area contributed by atoms with Crippen molar-refractivity contribution >= 4 is 0 Å². The van der Waals surface area contributed by atoms with Gasteiger partial charge in [0.05, 0.1) is 5.29 Å². The summed E-state index contributed by atoms with van der Waals surface area (Å²) in [4.78, 5) is 10.4. The minimum atomic E-state index is 0.642. The van der Waals surface area contributed by atoms with Crippen molar-refractivity contribution in [2.75, 3.05) is 13.1 Å². The minimum absolute atomic E-state index is 0.642. The third-order valence-corrected chi connectivity index (χ3v) is 2.04. The van der Waals surface area contributed by atoms with Gasteiger partial charge in [-0.3, -0.25) is 5.01 Å². The van der Waals surface area contributed by atoms with E-state index < -0.39 is 0 Å². The summed E-state index contributed by atoms with van der Waals surface area (Å²) in [5.41, 5.74) is 0. The Balaban J connectivity index is 3.57. The van der Waals surface area contributed by atoms with Crippen LogP contribution in [0.2, 0.25) is 0 Å². The Bertz CT molecular complexity index is 123. The van der Waals surface area contributed by atoms with Gasteiger partial charge in [0.25, 0.3) is 0 Å². The van der Waals surface area contributed by atoms with Crippen LogP contribution in [0, 0.1) is 16.7 Å². The van der Waals surface area contributed by atoms with Gasteiger partial charge in [-0.1, -0.05) is 27.7 Å². The molecule has 78 valence electrons. The van der Waals surface area contributed by atoms with Crippen LogP contribution >= 0.6 is 0 Å². The first kappa shape index (κ1) is 12.4. The molecule has 0 rings (SSSR count). The Morgan fingerprint density at radius 3 is 1.62 bits per heavy atom. The highest BCUT2D eigenvalue weighted by molar-refractivity contribution is 4.56. The molecule has 0 N–H and O–H groups in total. The number of hydrogen-bond acceptors (Lipinski definition) is 2. The zero-order chi connectivity index (χ0) is 10.3. The molecule has 0 bridgehead atoms. The van der Waals surface area contributed by atoms with Crippen LogP contribution in [-0.2, 0) is 0 Å². The molecule has 0 aromatic rings. The van der Waals surface area contributed by atoms with Crippen molar-refractivity contribution in [1.29, 1.82) is 0 Å². The van der Waals surface area contributed by atoms with Crippen LogP contribution in [0.3, 0.4) is 0 Å². The quantitative estimate of drug-likeness (QED) is 0.452. The lowest BCUT2D eigenvalue weighted by Crippen LogP contribution is -2.21. The Morgan fingerprint density at radius 1 is 1.00 bits per heavy atom. The summed E-state index contributed by atoms with van der Waals surface area (Å²) >= 11 is 0. The predicted molar refractivity (Wildman–Crippen MR) is 56.3 cm³/mol. The van der Waals surface area contributed by atoms with Crippen LogP contribution in [0.15, 0.2) is 5.29 Å². The van der Waals surface area contributed by atoms with Crippen molar-refractivity contribution in [2.45, 2.75) is 40.5 Å². The first-order chi connectivity index (χ1) is 6.06. The molecule has 13 heavy (non-hydrogen) atoms. The molecule has 3 nitrogen and oxygen atoms in total. The van der Waals surface area contributed by atoms with Gasteiger partial charge in [0.2, 0.25) is 0 Å². The van der Waals surface area contributed by atoms with Gasteiger partial charge in [-0.15, -0.1) is 4.91 Å². The van der Waals surface area contributed by atoms with Crippen molar-refractivity contribution in [3.05, 3.63) is 4.91 Å². The summed E-state index contributed by atoms with van der Waals surface area (Å²) in [5.74, 6) is 1.28. The van der Waals surface area contributed by atoms with E-state index in [1.54, 1.807) is 5.01 Å². The fraction of sp³-hybridized carbons (Fsp3) is 1.00.